The summed E-state index contributed by atoms with van der Waals surface area (Å²) < 4.78 is 13.5. The minimum atomic E-state index is -0.407. The number of nitrogens with one attached hydrogen (secondary N) is 1. The Labute approximate surface area is 111 Å². The molecule has 1 unspecified atom stereocenters. The van der Waals surface area contributed by atoms with Gasteiger partial charge in [0.25, 0.3) is 0 Å². The standard InChI is InChI=1S/C14H14ClFN2/c1-9-6-10(8-18-7-9)14(17-2)11-4-3-5-12(16)13(11)15/h3-8,14,17H,1-2H3. The first-order chi connectivity index (χ1) is 8.63. The summed E-state index contributed by atoms with van der Waals surface area (Å²) in [6, 6.07) is 6.67. The number of nitrogens with zero attached hydrogens (tertiary/aromatic N) is 1. The lowest BCUT2D eigenvalue weighted by Gasteiger charge is -2.18. The quantitative estimate of drug-likeness (QED) is 0.918. The van der Waals surface area contributed by atoms with E-state index < -0.39 is 5.82 Å². The van der Waals surface area contributed by atoms with Gasteiger partial charge >= 0.3 is 0 Å². The zero-order chi connectivity index (χ0) is 13.1. The van der Waals surface area contributed by atoms with Crippen molar-refractivity contribution in [3.05, 3.63) is 64.2 Å². The van der Waals surface area contributed by atoms with Gasteiger partial charge in [-0.05, 0) is 36.7 Å². The van der Waals surface area contributed by atoms with Crippen molar-refractivity contribution in [2.24, 2.45) is 0 Å². The first-order valence-electron chi connectivity index (χ1n) is 5.66. The van der Waals surface area contributed by atoms with Gasteiger partial charge in [-0.2, -0.15) is 0 Å². The minimum absolute atomic E-state index is 0.151. The van der Waals surface area contributed by atoms with Gasteiger partial charge in [-0.15, -0.1) is 0 Å². The second kappa shape index (κ2) is 5.46. The molecule has 0 aliphatic rings. The van der Waals surface area contributed by atoms with Crippen molar-refractivity contribution in [3.8, 4) is 0 Å². The Bertz CT molecular complexity index is 557. The number of benzene rings is 1. The van der Waals surface area contributed by atoms with E-state index >= 15 is 0 Å². The minimum Gasteiger partial charge on any atom is -0.309 e. The fourth-order valence-electron chi connectivity index (χ4n) is 1.98. The van der Waals surface area contributed by atoms with Gasteiger partial charge in [0.1, 0.15) is 5.82 Å². The molecule has 1 aromatic carbocycles. The van der Waals surface area contributed by atoms with Crippen LogP contribution in [-0.2, 0) is 0 Å². The number of hydrogen-bond acceptors (Lipinski definition) is 2. The topological polar surface area (TPSA) is 24.9 Å². The van der Waals surface area contributed by atoms with E-state index in [1.165, 1.54) is 6.07 Å². The van der Waals surface area contributed by atoms with Crippen LogP contribution in [0, 0.1) is 12.7 Å². The Morgan fingerprint density at radius 1 is 1.33 bits per heavy atom. The van der Waals surface area contributed by atoms with Crippen LogP contribution in [-0.4, -0.2) is 12.0 Å². The average molecular weight is 265 g/mol. The van der Waals surface area contributed by atoms with E-state index in [0.717, 1.165) is 11.1 Å². The normalized spacial score (nSPS) is 12.4. The highest BCUT2D eigenvalue weighted by Crippen LogP contribution is 2.29. The SMILES string of the molecule is CNC(c1cncc(C)c1)c1cccc(F)c1Cl. The number of aryl methyl sites for hydroxylation is 1. The first kappa shape index (κ1) is 13.0. The van der Waals surface area contributed by atoms with Gasteiger partial charge < -0.3 is 5.32 Å². The van der Waals surface area contributed by atoms with Crippen molar-refractivity contribution in [2.75, 3.05) is 7.05 Å². The summed E-state index contributed by atoms with van der Waals surface area (Å²) in [5.74, 6) is -0.407. The molecular weight excluding hydrogens is 251 g/mol. The zero-order valence-corrected chi connectivity index (χ0v) is 11.0. The van der Waals surface area contributed by atoms with Crippen LogP contribution < -0.4 is 5.32 Å². The molecule has 1 atom stereocenters. The number of rotatable bonds is 3. The van der Waals surface area contributed by atoms with Crippen molar-refractivity contribution >= 4 is 11.6 Å². The summed E-state index contributed by atoms with van der Waals surface area (Å²) in [5.41, 5.74) is 2.73. The molecule has 0 spiro atoms. The Balaban J connectivity index is 2.49. The van der Waals surface area contributed by atoms with Crippen LogP contribution in [0.3, 0.4) is 0 Å². The Morgan fingerprint density at radius 3 is 2.78 bits per heavy atom. The summed E-state index contributed by atoms with van der Waals surface area (Å²) in [5, 5.41) is 3.29. The molecule has 2 rings (SSSR count). The molecule has 0 aliphatic carbocycles. The van der Waals surface area contributed by atoms with Crippen LogP contribution in [0.2, 0.25) is 5.02 Å². The highest BCUT2D eigenvalue weighted by molar-refractivity contribution is 6.31. The summed E-state index contributed by atoms with van der Waals surface area (Å²) in [6.45, 7) is 1.97. The van der Waals surface area contributed by atoms with Crippen LogP contribution in [0.4, 0.5) is 4.39 Å². The van der Waals surface area contributed by atoms with E-state index in [0.29, 0.717) is 5.56 Å². The van der Waals surface area contributed by atoms with Gasteiger partial charge in [-0.25, -0.2) is 4.39 Å². The van der Waals surface area contributed by atoms with E-state index in [2.05, 4.69) is 10.3 Å². The fraction of sp³-hybridized carbons (Fsp3) is 0.214. The molecule has 2 nitrogen and oxygen atoms in total. The average Bonchev–Trinajstić information content (AvgIpc) is 2.35. The molecule has 0 saturated carbocycles. The molecule has 0 amide bonds. The lowest BCUT2D eigenvalue weighted by Crippen LogP contribution is -2.18. The smallest absolute Gasteiger partial charge is 0.142 e. The second-order valence-corrected chi connectivity index (χ2v) is 4.54. The monoisotopic (exact) mass is 264 g/mol. The predicted molar refractivity (Wildman–Crippen MR) is 71.3 cm³/mol. The molecule has 1 N–H and O–H groups in total. The van der Waals surface area contributed by atoms with E-state index in [1.807, 2.05) is 26.1 Å². The Morgan fingerprint density at radius 2 is 2.11 bits per heavy atom. The van der Waals surface area contributed by atoms with E-state index in [1.54, 1.807) is 18.5 Å². The number of halogens is 2. The molecule has 0 bridgehead atoms. The molecule has 0 saturated heterocycles. The van der Waals surface area contributed by atoms with Crippen LogP contribution in [0.25, 0.3) is 0 Å². The molecule has 94 valence electrons. The molecule has 0 radical (unpaired) electrons. The first-order valence-corrected chi connectivity index (χ1v) is 6.04. The van der Waals surface area contributed by atoms with Crippen LogP contribution in [0.5, 0.6) is 0 Å². The third-order valence-corrected chi connectivity index (χ3v) is 3.21. The van der Waals surface area contributed by atoms with Gasteiger partial charge in [0.05, 0.1) is 11.1 Å². The molecule has 2 aromatic rings. The molecule has 0 fully saturated rings. The van der Waals surface area contributed by atoms with Crippen LogP contribution >= 0.6 is 11.6 Å². The summed E-state index contributed by atoms with van der Waals surface area (Å²) in [4.78, 5) is 4.15. The Kier molecular flexibility index (Phi) is 3.94. The molecule has 1 aromatic heterocycles. The Hall–Kier alpha value is -1.45. The lowest BCUT2D eigenvalue weighted by atomic mass is 9.99. The van der Waals surface area contributed by atoms with Crippen molar-refractivity contribution in [3.63, 3.8) is 0 Å². The number of aromatic nitrogens is 1. The lowest BCUT2D eigenvalue weighted by molar-refractivity contribution is 0.617. The maximum atomic E-state index is 13.5. The highest BCUT2D eigenvalue weighted by Gasteiger charge is 2.17. The fourth-order valence-corrected chi connectivity index (χ4v) is 2.22. The second-order valence-electron chi connectivity index (χ2n) is 4.16. The van der Waals surface area contributed by atoms with E-state index in [9.17, 15) is 4.39 Å². The van der Waals surface area contributed by atoms with Crippen molar-refractivity contribution in [1.82, 2.24) is 10.3 Å². The van der Waals surface area contributed by atoms with Gasteiger partial charge in [-0.3, -0.25) is 4.98 Å². The van der Waals surface area contributed by atoms with Gasteiger partial charge in [0.2, 0.25) is 0 Å². The largest absolute Gasteiger partial charge is 0.309 e. The van der Waals surface area contributed by atoms with Crippen molar-refractivity contribution in [2.45, 2.75) is 13.0 Å². The van der Waals surface area contributed by atoms with Crippen molar-refractivity contribution in [1.29, 1.82) is 0 Å². The summed E-state index contributed by atoms with van der Waals surface area (Å²) in [7, 11) is 1.81. The molecular formula is C14H14ClFN2. The summed E-state index contributed by atoms with van der Waals surface area (Å²) >= 11 is 6.02. The maximum absolute atomic E-state index is 13.5. The van der Waals surface area contributed by atoms with Gasteiger partial charge in [0, 0.05) is 12.4 Å². The number of hydrogen-bond donors (Lipinski definition) is 1. The predicted octanol–water partition coefficient (Wildman–Crippen LogP) is 3.49. The third-order valence-electron chi connectivity index (χ3n) is 2.81. The van der Waals surface area contributed by atoms with Crippen LogP contribution in [0.15, 0.2) is 36.7 Å². The molecule has 0 aliphatic heterocycles. The maximum Gasteiger partial charge on any atom is 0.142 e. The van der Waals surface area contributed by atoms with Crippen molar-refractivity contribution < 1.29 is 4.39 Å². The molecule has 4 heteroatoms. The molecule has 1 heterocycles. The molecule has 18 heavy (non-hydrogen) atoms. The highest BCUT2D eigenvalue weighted by atomic mass is 35.5. The van der Waals surface area contributed by atoms with E-state index in [4.69, 9.17) is 11.6 Å². The number of pyridine rings is 1. The third kappa shape index (κ3) is 2.52. The van der Waals surface area contributed by atoms with Crippen LogP contribution in [0.1, 0.15) is 22.7 Å². The summed E-state index contributed by atoms with van der Waals surface area (Å²) in [6.07, 6.45) is 3.54. The van der Waals surface area contributed by atoms with E-state index in [-0.39, 0.29) is 11.1 Å². The zero-order valence-electron chi connectivity index (χ0n) is 10.2. The van der Waals surface area contributed by atoms with Gasteiger partial charge in [0.15, 0.2) is 0 Å². The van der Waals surface area contributed by atoms with Gasteiger partial charge in [-0.1, -0.05) is 29.8 Å².